The SMILES string of the molecule is CCc1nn(C)cc1NC(C)C1CCCN(CC)C1. The van der Waals surface area contributed by atoms with E-state index >= 15 is 0 Å². The molecule has 4 nitrogen and oxygen atoms in total. The number of hydrogen-bond acceptors (Lipinski definition) is 3. The number of aryl methyl sites for hydroxylation is 2. The summed E-state index contributed by atoms with van der Waals surface area (Å²) in [5.41, 5.74) is 2.39. The minimum absolute atomic E-state index is 0.517. The fourth-order valence-corrected chi connectivity index (χ4v) is 3.07. The van der Waals surface area contributed by atoms with Crippen LogP contribution >= 0.6 is 0 Å². The van der Waals surface area contributed by atoms with Crippen molar-refractivity contribution in [1.82, 2.24) is 14.7 Å². The summed E-state index contributed by atoms with van der Waals surface area (Å²) in [5.74, 6) is 0.749. The minimum Gasteiger partial charge on any atom is -0.379 e. The summed E-state index contributed by atoms with van der Waals surface area (Å²) in [6.45, 7) is 10.4. The van der Waals surface area contributed by atoms with Crippen molar-refractivity contribution in [2.45, 2.75) is 46.1 Å². The molecule has 1 fully saturated rings. The number of anilines is 1. The molecule has 1 aliphatic heterocycles. The lowest BCUT2D eigenvalue weighted by Crippen LogP contribution is -2.41. The van der Waals surface area contributed by atoms with E-state index in [9.17, 15) is 0 Å². The second kappa shape index (κ2) is 6.42. The Morgan fingerprint density at radius 3 is 2.95 bits per heavy atom. The normalized spacial score (nSPS) is 22.4. The zero-order valence-corrected chi connectivity index (χ0v) is 12.8. The van der Waals surface area contributed by atoms with Crippen LogP contribution in [0.25, 0.3) is 0 Å². The first-order valence-corrected chi connectivity index (χ1v) is 7.65. The van der Waals surface area contributed by atoms with Gasteiger partial charge in [0.2, 0.25) is 0 Å². The van der Waals surface area contributed by atoms with Crippen LogP contribution < -0.4 is 5.32 Å². The van der Waals surface area contributed by atoms with Gasteiger partial charge >= 0.3 is 0 Å². The molecule has 1 aromatic rings. The van der Waals surface area contributed by atoms with E-state index in [1.54, 1.807) is 0 Å². The topological polar surface area (TPSA) is 33.1 Å². The number of likely N-dealkylation sites (tertiary alicyclic amines) is 1. The number of nitrogens with one attached hydrogen (secondary N) is 1. The summed E-state index contributed by atoms with van der Waals surface area (Å²) >= 11 is 0. The molecule has 0 saturated carbocycles. The summed E-state index contributed by atoms with van der Waals surface area (Å²) < 4.78 is 1.91. The molecule has 1 aromatic heterocycles. The summed E-state index contributed by atoms with van der Waals surface area (Å²) in [5, 5.41) is 8.19. The molecule has 19 heavy (non-hydrogen) atoms. The van der Waals surface area contributed by atoms with Gasteiger partial charge in [-0.1, -0.05) is 13.8 Å². The maximum Gasteiger partial charge on any atom is 0.0853 e. The van der Waals surface area contributed by atoms with E-state index in [2.05, 4.69) is 42.3 Å². The van der Waals surface area contributed by atoms with Gasteiger partial charge in [0.1, 0.15) is 0 Å². The fourth-order valence-electron chi connectivity index (χ4n) is 3.07. The van der Waals surface area contributed by atoms with Crippen LogP contribution in [-0.2, 0) is 13.5 Å². The number of piperidine rings is 1. The summed E-state index contributed by atoms with van der Waals surface area (Å²) in [7, 11) is 1.99. The average Bonchev–Trinajstić information content (AvgIpc) is 2.78. The van der Waals surface area contributed by atoms with E-state index < -0.39 is 0 Å². The van der Waals surface area contributed by atoms with Gasteiger partial charge in [0.05, 0.1) is 11.4 Å². The van der Waals surface area contributed by atoms with E-state index in [0.717, 1.165) is 12.3 Å². The predicted octanol–water partition coefficient (Wildman–Crippen LogP) is 2.51. The highest BCUT2D eigenvalue weighted by molar-refractivity contribution is 5.47. The molecule has 1 N–H and O–H groups in total. The molecular formula is C15H28N4. The van der Waals surface area contributed by atoms with Crippen LogP contribution in [0.4, 0.5) is 5.69 Å². The molecular weight excluding hydrogens is 236 g/mol. The molecule has 0 amide bonds. The maximum absolute atomic E-state index is 4.50. The number of rotatable bonds is 5. The third-order valence-corrected chi connectivity index (χ3v) is 4.32. The third kappa shape index (κ3) is 3.50. The molecule has 1 saturated heterocycles. The van der Waals surface area contributed by atoms with Crippen LogP contribution in [0.3, 0.4) is 0 Å². The van der Waals surface area contributed by atoms with Gasteiger partial charge in [0, 0.05) is 25.8 Å². The van der Waals surface area contributed by atoms with E-state index in [4.69, 9.17) is 0 Å². The van der Waals surface area contributed by atoms with Crippen LogP contribution in [0, 0.1) is 5.92 Å². The van der Waals surface area contributed by atoms with Gasteiger partial charge in [-0.05, 0) is 45.2 Å². The molecule has 0 aromatic carbocycles. The van der Waals surface area contributed by atoms with Crippen LogP contribution in [0.15, 0.2) is 6.20 Å². The number of hydrogen-bond donors (Lipinski definition) is 1. The standard InChI is InChI=1S/C15H28N4/c1-5-14-15(11-18(4)17-14)16-12(3)13-8-7-9-19(6-2)10-13/h11-13,16H,5-10H2,1-4H3. The molecule has 0 bridgehead atoms. The molecule has 0 aliphatic carbocycles. The zero-order chi connectivity index (χ0) is 13.8. The van der Waals surface area contributed by atoms with Crippen molar-refractivity contribution in [2.75, 3.05) is 25.0 Å². The molecule has 2 rings (SSSR count). The Balaban J connectivity index is 1.97. The Morgan fingerprint density at radius 2 is 2.26 bits per heavy atom. The van der Waals surface area contributed by atoms with Crippen LogP contribution in [0.2, 0.25) is 0 Å². The van der Waals surface area contributed by atoms with Crippen LogP contribution in [-0.4, -0.2) is 40.4 Å². The molecule has 108 valence electrons. The first-order valence-electron chi connectivity index (χ1n) is 7.65. The van der Waals surface area contributed by atoms with Crippen molar-refractivity contribution in [1.29, 1.82) is 0 Å². The molecule has 0 radical (unpaired) electrons. The van der Waals surface area contributed by atoms with E-state index in [1.165, 1.54) is 43.9 Å². The van der Waals surface area contributed by atoms with Gasteiger partial charge in [0.15, 0.2) is 0 Å². The predicted molar refractivity (Wildman–Crippen MR) is 80.5 cm³/mol. The van der Waals surface area contributed by atoms with E-state index in [1.807, 2.05) is 11.7 Å². The van der Waals surface area contributed by atoms with E-state index in [-0.39, 0.29) is 0 Å². The number of nitrogens with zero attached hydrogens (tertiary/aromatic N) is 3. The molecule has 4 heteroatoms. The first-order chi connectivity index (χ1) is 9.13. The lowest BCUT2D eigenvalue weighted by atomic mass is 9.91. The molecule has 2 unspecified atom stereocenters. The van der Waals surface area contributed by atoms with Crippen molar-refractivity contribution in [3.63, 3.8) is 0 Å². The van der Waals surface area contributed by atoms with Gasteiger partial charge in [-0.3, -0.25) is 4.68 Å². The zero-order valence-electron chi connectivity index (χ0n) is 12.8. The highest BCUT2D eigenvalue weighted by atomic mass is 15.3. The van der Waals surface area contributed by atoms with Gasteiger partial charge in [-0.25, -0.2) is 0 Å². The molecule has 2 atom stereocenters. The van der Waals surface area contributed by atoms with E-state index in [0.29, 0.717) is 6.04 Å². The fraction of sp³-hybridized carbons (Fsp3) is 0.800. The Labute approximate surface area is 117 Å². The van der Waals surface area contributed by atoms with Gasteiger partial charge < -0.3 is 10.2 Å². The Hall–Kier alpha value is -1.03. The van der Waals surface area contributed by atoms with Crippen molar-refractivity contribution >= 4 is 5.69 Å². The van der Waals surface area contributed by atoms with Gasteiger partial charge in [-0.2, -0.15) is 5.10 Å². The third-order valence-electron chi connectivity index (χ3n) is 4.32. The lowest BCUT2D eigenvalue weighted by Gasteiger charge is -2.35. The minimum atomic E-state index is 0.517. The highest BCUT2D eigenvalue weighted by Crippen LogP contribution is 2.23. The molecule has 0 spiro atoms. The van der Waals surface area contributed by atoms with Gasteiger partial charge in [-0.15, -0.1) is 0 Å². The van der Waals surface area contributed by atoms with Crippen molar-refractivity contribution in [2.24, 2.45) is 13.0 Å². The van der Waals surface area contributed by atoms with Crippen molar-refractivity contribution in [3.05, 3.63) is 11.9 Å². The Morgan fingerprint density at radius 1 is 1.47 bits per heavy atom. The van der Waals surface area contributed by atoms with Gasteiger partial charge in [0.25, 0.3) is 0 Å². The highest BCUT2D eigenvalue weighted by Gasteiger charge is 2.24. The molecule has 1 aliphatic rings. The largest absolute Gasteiger partial charge is 0.379 e. The van der Waals surface area contributed by atoms with Crippen molar-refractivity contribution < 1.29 is 0 Å². The van der Waals surface area contributed by atoms with Crippen LogP contribution in [0.1, 0.15) is 39.3 Å². The second-order valence-corrected chi connectivity index (χ2v) is 5.75. The maximum atomic E-state index is 4.50. The summed E-state index contributed by atoms with van der Waals surface area (Å²) in [6, 6.07) is 0.517. The summed E-state index contributed by atoms with van der Waals surface area (Å²) in [4.78, 5) is 2.57. The Kier molecular flexibility index (Phi) is 4.86. The smallest absolute Gasteiger partial charge is 0.0853 e. The number of aromatic nitrogens is 2. The van der Waals surface area contributed by atoms with Crippen LogP contribution in [0.5, 0.6) is 0 Å². The monoisotopic (exact) mass is 264 g/mol. The lowest BCUT2D eigenvalue weighted by molar-refractivity contribution is 0.172. The first kappa shape index (κ1) is 14.4. The summed E-state index contributed by atoms with van der Waals surface area (Å²) in [6.07, 6.45) is 5.77. The van der Waals surface area contributed by atoms with Crippen molar-refractivity contribution in [3.8, 4) is 0 Å². The second-order valence-electron chi connectivity index (χ2n) is 5.75. The average molecular weight is 264 g/mol. The Bertz CT molecular complexity index is 399. The molecule has 2 heterocycles. The quantitative estimate of drug-likeness (QED) is 0.887.